The average molecular weight is 393 g/mol. The zero-order valence-electron chi connectivity index (χ0n) is 17.5. The molecule has 2 aromatic carbocycles. The molecule has 3 rings (SSSR count). The number of rotatable bonds is 6. The summed E-state index contributed by atoms with van der Waals surface area (Å²) in [4.78, 5) is 27.6. The summed E-state index contributed by atoms with van der Waals surface area (Å²) in [6.45, 7) is 7.79. The van der Waals surface area contributed by atoms with Crippen molar-refractivity contribution >= 4 is 17.4 Å². The number of hydrogen-bond acceptors (Lipinski definition) is 4. The van der Waals surface area contributed by atoms with Crippen LogP contribution in [0.25, 0.3) is 0 Å². The van der Waals surface area contributed by atoms with Gasteiger partial charge in [0.1, 0.15) is 5.75 Å². The van der Waals surface area contributed by atoms with Gasteiger partial charge in [0.05, 0.1) is 18.7 Å². The Morgan fingerprint density at radius 3 is 2.21 bits per heavy atom. The molecule has 152 valence electrons. The normalized spacial score (nSPS) is 16.7. The van der Waals surface area contributed by atoms with Gasteiger partial charge in [0.25, 0.3) is 5.91 Å². The standard InChI is InChI=1S/C24H27NO4/c1-14(2)10-20(26)21-22(17-6-8-19(29-5)9-7-17)25(24(28)23(21)27)18-12-15(3)11-16(4)13-18/h6-9,11-14,22,27H,10H2,1-5H3. The lowest BCUT2D eigenvalue weighted by atomic mass is 9.92. The summed E-state index contributed by atoms with van der Waals surface area (Å²) < 4.78 is 5.24. The number of ether oxygens (including phenoxy) is 1. The molecule has 1 aliphatic heterocycles. The number of carbonyl (C=O) groups excluding carboxylic acids is 2. The molecule has 0 spiro atoms. The average Bonchev–Trinajstić information content (AvgIpc) is 2.92. The van der Waals surface area contributed by atoms with Crippen molar-refractivity contribution in [1.29, 1.82) is 0 Å². The smallest absolute Gasteiger partial charge is 0.294 e. The third-order valence-electron chi connectivity index (χ3n) is 5.02. The molecule has 1 amide bonds. The van der Waals surface area contributed by atoms with Gasteiger partial charge in [-0.25, -0.2) is 0 Å². The van der Waals surface area contributed by atoms with Gasteiger partial charge in [-0.2, -0.15) is 0 Å². The van der Waals surface area contributed by atoms with E-state index >= 15 is 0 Å². The molecule has 29 heavy (non-hydrogen) atoms. The van der Waals surface area contributed by atoms with Crippen LogP contribution in [-0.4, -0.2) is 23.9 Å². The highest BCUT2D eigenvalue weighted by Gasteiger charge is 2.44. The fourth-order valence-corrected chi connectivity index (χ4v) is 3.83. The summed E-state index contributed by atoms with van der Waals surface area (Å²) >= 11 is 0. The van der Waals surface area contributed by atoms with Crippen LogP contribution < -0.4 is 9.64 Å². The highest BCUT2D eigenvalue weighted by molar-refractivity contribution is 6.16. The van der Waals surface area contributed by atoms with Crippen LogP contribution >= 0.6 is 0 Å². The van der Waals surface area contributed by atoms with Crippen LogP contribution in [-0.2, 0) is 9.59 Å². The number of aryl methyl sites for hydroxylation is 2. The van der Waals surface area contributed by atoms with Gasteiger partial charge in [-0.15, -0.1) is 0 Å². The lowest BCUT2D eigenvalue weighted by Gasteiger charge is -2.28. The Labute approximate surface area is 171 Å². The zero-order valence-corrected chi connectivity index (χ0v) is 17.5. The largest absolute Gasteiger partial charge is 0.503 e. The third kappa shape index (κ3) is 4.04. The van der Waals surface area contributed by atoms with E-state index in [0.29, 0.717) is 11.4 Å². The number of methoxy groups -OCH3 is 1. The minimum Gasteiger partial charge on any atom is -0.503 e. The fraction of sp³-hybridized carbons (Fsp3) is 0.333. The molecule has 0 radical (unpaired) electrons. The van der Waals surface area contributed by atoms with E-state index in [4.69, 9.17) is 4.74 Å². The van der Waals surface area contributed by atoms with E-state index in [-0.39, 0.29) is 23.7 Å². The van der Waals surface area contributed by atoms with Crippen LogP contribution in [0.1, 0.15) is 43.0 Å². The molecule has 1 heterocycles. The number of carbonyl (C=O) groups is 2. The minimum atomic E-state index is -0.680. The van der Waals surface area contributed by atoms with Crippen LogP contribution in [0.2, 0.25) is 0 Å². The predicted octanol–water partition coefficient (Wildman–Crippen LogP) is 4.83. The number of aliphatic hydroxyl groups excluding tert-OH is 1. The lowest BCUT2D eigenvalue weighted by molar-refractivity contribution is -0.118. The molecule has 5 nitrogen and oxygen atoms in total. The highest BCUT2D eigenvalue weighted by Crippen LogP contribution is 2.42. The lowest BCUT2D eigenvalue weighted by Crippen LogP contribution is -2.31. The maximum atomic E-state index is 13.1. The molecule has 0 aliphatic carbocycles. The van der Waals surface area contributed by atoms with E-state index < -0.39 is 17.7 Å². The zero-order chi connectivity index (χ0) is 21.3. The molecular formula is C24H27NO4. The number of nitrogens with zero attached hydrogens (tertiary/aromatic N) is 1. The Hall–Kier alpha value is -3.08. The van der Waals surface area contributed by atoms with Crippen LogP contribution in [0, 0.1) is 19.8 Å². The molecule has 0 saturated heterocycles. The first-order valence-corrected chi connectivity index (χ1v) is 9.75. The first-order valence-electron chi connectivity index (χ1n) is 9.75. The number of ketones is 1. The van der Waals surface area contributed by atoms with E-state index in [1.54, 1.807) is 19.2 Å². The second kappa shape index (κ2) is 8.11. The van der Waals surface area contributed by atoms with Crippen LogP contribution in [0.15, 0.2) is 53.8 Å². The number of anilines is 1. The number of aliphatic hydroxyl groups is 1. The van der Waals surface area contributed by atoms with Crippen LogP contribution in [0.4, 0.5) is 5.69 Å². The Bertz CT molecular complexity index is 953. The summed E-state index contributed by atoms with van der Waals surface area (Å²) in [6, 6.07) is 12.4. The molecule has 5 heteroatoms. The topological polar surface area (TPSA) is 66.8 Å². The highest BCUT2D eigenvalue weighted by atomic mass is 16.5. The fourth-order valence-electron chi connectivity index (χ4n) is 3.83. The summed E-state index contributed by atoms with van der Waals surface area (Å²) in [5.41, 5.74) is 3.57. The van der Waals surface area contributed by atoms with Crippen molar-refractivity contribution in [3.63, 3.8) is 0 Å². The van der Waals surface area contributed by atoms with E-state index in [1.807, 2.05) is 58.0 Å². The predicted molar refractivity (Wildman–Crippen MR) is 113 cm³/mol. The molecule has 1 unspecified atom stereocenters. The molecule has 0 aromatic heterocycles. The first-order chi connectivity index (χ1) is 13.7. The molecule has 1 aliphatic rings. The van der Waals surface area contributed by atoms with Gasteiger partial charge in [-0.05, 0) is 60.7 Å². The summed E-state index contributed by atoms with van der Waals surface area (Å²) in [7, 11) is 1.58. The van der Waals surface area contributed by atoms with E-state index in [0.717, 1.165) is 16.7 Å². The van der Waals surface area contributed by atoms with E-state index in [9.17, 15) is 14.7 Å². The Morgan fingerprint density at radius 2 is 1.69 bits per heavy atom. The molecule has 1 atom stereocenters. The maximum Gasteiger partial charge on any atom is 0.294 e. The van der Waals surface area contributed by atoms with Crippen molar-refractivity contribution in [2.75, 3.05) is 12.0 Å². The van der Waals surface area contributed by atoms with Crippen molar-refractivity contribution in [3.05, 3.63) is 70.5 Å². The number of amides is 1. The molecule has 0 fully saturated rings. The Balaban J connectivity index is 2.16. The van der Waals surface area contributed by atoms with Crippen molar-refractivity contribution in [2.45, 2.75) is 40.2 Å². The summed E-state index contributed by atoms with van der Waals surface area (Å²) in [6.07, 6.45) is 0.264. The summed E-state index contributed by atoms with van der Waals surface area (Å²) in [5, 5.41) is 10.7. The van der Waals surface area contributed by atoms with Crippen molar-refractivity contribution < 1.29 is 19.4 Å². The van der Waals surface area contributed by atoms with E-state index in [1.165, 1.54) is 4.90 Å². The monoisotopic (exact) mass is 393 g/mol. The molecular weight excluding hydrogens is 366 g/mol. The van der Waals surface area contributed by atoms with Crippen molar-refractivity contribution in [2.24, 2.45) is 5.92 Å². The van der Waals surface area contributed by atoms with Crippen molar-refractivity contribution in [3.8, 4) is 5.75 Å². The SMILES string of the molecule is COc1ccc(C2C(C(=O)CC(C)C)=C(O)C(=O)N2c2cc(C)cc(C)c2)cc1. The first kappa shape index (κ1) is 20.6. The Kier molecular flexibility index (Phi) is 5.78. The van der Waals surface area contributed by atoms with Gasteiger partial charge < -0.3 is 9.84 Å². The van der Waals surface area contributed by atoms with Gasteiger partial charge in [-0.1, -0.05) is 32.0 Å². The third-order valence-corrected chi connectivity index (χ3v) is 5.02. The second-order valence-electron chi connectivity index (χ2n) is 7.98. The number of hydrogen-bond donors (Lipinski definition) is 1. The Morgan fingerprint density at radius 1 is 1.10 bits per heavy atom. The van der Waals surface area contributed by atoms with Gasteiger partial charge in [0.2, 0.25) is 0 Å². The second-order valence-corrected chi connectivity index (χ2v) is 7.98. The molecule has 0 saturated carbocycles. The minimum absolute atomic E-state index is 0.115. The molecule has 1 N–H and O–H groups in total. The number of Topliss-reactive ketones (excluding diaryl/α,β-unsaturated/α-hetero) is 1. The molecule has 2 aromatic rings. The van der Waals surface area contributed by atoms with Crippen molar-refractivity contribution in [1.82, 2.24) is 0 Å². The quantitative estimate of drug-likeness (QED) is 0.763. The van der Waals surface area contributed by atoms with Gasteiger partial charge in [0, 0.05) is 12.1 Å². The van der Waals surface area contributed by atoms with E-state index in [2.05, 4.69) is 0 Å². The van der Waals surface area contributed by atoms with Gasteiger partial charge in [0.15, 0.2) is 11.5 Å². The van der Waals surface area contributed by atoms with Crippen LogP contribution in [0.5, 0.6) is 5.75 Å². The van der Waals surface area contributed by atoms with Gasteiger partial charge in [-0.3, -0.25) is 14.5 Å². The van der Waals surface area contributed by atoms with Crippen LogP contribution in [0.3, 0.4) is 0 Å². The summed E-state index contributed by atoms with van der Waals surface area (Å²) in [5.74, 6) is -0.430. The van der Waals surface area contributed by atoms with Gasteiger partial charge >= 0.3 is 0 Å². The maximum absolute atomic E-state index is 13.1. The number of benzene rings is 2. The molecule has 0 bridgehead atoms.